The number of amides is 1. The second-order valence-electron chi connectivity index (χ2n) is 6.44. The maximum absolute atomic E-state index is 12.6. The molecular weight excluding hydrogens is 410 g/mol. The lowest BCUT2D eigenvalue weighted by molar-refractivity contribution is 0.0936. The second-order valence-corrected chi connectivity index (χ2v) is 7.70. The van der Waals surface area contributed by atoms with Crippen LogP contribution in [0.25, 0.3) is 22.0 Å². The monoisotopic (exact) mass is 433 g/mol. The molecular formula is C21H24ClN3O3S. The van der Waals surface area contributed by atoms with E-state index in [0.29, 0.717) is 36.9 Å². The molecule has 2 heterocycles. The molecule has 3 rings (SSSR count). The third kappa shape index (κ3) is 4.87. The zero-order chi connectivity index (χ0) is 20.8. The molecule has 2 aromatic heterocycles. The van der Waals surface area contributed by atoms with Crippen LogP contribution in [0.5, 0.6) is 0 Å². The number of ether oxygens (including phenoxy) is 2. The quantitative estimate of drug-likeness (QED) is 0.512. The van der Waals surface area contributed by atoms with Crippen LogP contribution in [-0.2, 0) is 16.0 Å². The first kappa shape index (κ1) is 21.5. The van der Waals surface area contributed by atoms with Crippen LogP contribution in [0.15, 0.2) is 35.7 Å². The number of nitrogens with zero attached hydrogens (tertiary/aromatic N) is 2. The highest BCUT2D eigenvalue weighted by atomic mass is 35.5. The lowest BCUT2D eigenvalue weighted by Gasteiger charge is -2.10. The fourth-order valence-corrected chi connectivity index (χ4v) is 4.20. The van der Waals surface area contributed by atoms with E-state index in [9.17, 15) is 4.79 Å². The summed E-state index contributed by atoms with van der Waals surface area (Å²) in [6.07, 6.45) is 0. The van der Waals surface area contributed by atoms with E-state index in [1.54, 1.807) is 14.2 Å². The highest BCUT2D eigenvalue weighted by Crippen LogP contribution is 2.34. The molecule has 1 aromatic carbocycles. The Morgan fingerprint density at radius 1 is 1.24 bits per heavy atom. The van der Waals surface area contributed by atoms with Gasteiger partial charge in [0, 0.05) is 43.9 Å². The third-order valence-corrected chi connectivity index (χ3v) is 5.80. The maximum Gasteiger partial charge on any atom is 0.253 e. The van der Waals surface area contributed by atoms with Crippen molar-refractivity contribution in [1.29, 1.82) is 0 Å². The first-order valence-corrected chi connectivity index (χ1v) is 10.5. The topological polar surface area (TPSA) is 65.4 Å². The van der Waals surface area contributed by atoms with Crippen molar-refractivity contribution in [2.75, 3.05) is 34.0 Å². The van der Waals surface area contributed by atoms with Crippen LogP contribution < -0.4 is 5.32 Å². The summed E-state index contributed by atoms with van der Waals surface area (Å²) in [6, 6.07) is 9.53. The number of methoxy groups -OCH3 is 2. The molecule has 1 amide bonds. The third-order valence-electron chi connectivity index (χ3n) is 4.59. The first-order chi connectivity index (χ1) is 14.1. The first-order valence-electron chi connectivity index (χ1n) is 9.23. The maximum atomic E-state index is 12.6. The van der Waals surface area contributed by atoms with Gasteiger partial charge in [-0.25, -0.2) is 4.98 Å². The highest BCUT2D eigenvalue weighted by Gasteiger charge is 2.20. The van der Waals surface area contributed by atoms with Crippen molar-refractivity contribution in [2.45, 2.75) is 13.5 Å². The molecule has 0 spiro atoms. The summed E-state index contributed by atoms with van der Waals surface area (Å²) in [6.45, 7) is 4.03. The predicted octanol–water partition coefficient (Wildman–Crippen LogP) is 4.26. The van der Waals surface area contributed by atoms with E-state index in [1.807, 2.05) is 42.6 Å². The largest absolute Gasteiger partial charge is 0.383 e. The smallest absolute Gasteiger partial charge is 0.253 e. The molecule has 0 saturated carbocycles. The van der Waals surface area contributed by atoms with Gasteiger partial charge in [0.1, 0.15) is 5.01 Å². The summed E-state index contributed by atoms with van der Waals surface area (Å²) in [4.78, 5) is 17.4. The van der Waals surface area contributed by atoms with Gasteiger partial charge in [0.15, 0.2) is 0 Å². The summed E-state index contributed by atoms with van der Waals surface area (Å²) >= 11 is 7.85. The average Bonchev–Trinajstić information content (AvgIpc) is 3.32. The van der Waals surface area contributed by atoms with Gasteiger partial charge in [-0.2, -0.15) is 0 Å². The normalized spacial score (nSPS) is 11.0. The molecule has 0 bridgehead atoms. The van der Waals surface area contributed by atoms with Gasteiger partial charge in [0.25, 0.3) is 5.91 Å². The van der Waals surface area contributed by atoms with E-state index in [4.69, 9.17) is 26.1 Å². The van der Waals surface area contributed by atoms with Crippen LogP contribution in [0.4, 0.5) is 0 Å². The average molecular weight is 434 g/mol. The molecule has 0 unspecified atom stereocenters. The minimum atomic E-state index is -0.126. The van der Waals surface area contributed by atoms with Crippen LogP contribution >= 0.6 is 22.9 Å². The van der Waals surface area contributed by atoms with Crippen LogP contribution in [-0.4, -0.2) is 49.4 Å². The number of hydrogen-bond donors (Lipinski definition) is 1. The van der Waals surface area contributed by atoms with Crippen molar-refractivity contribution < 1.29 is 14.3 Å². The Hall–Kier alpha value is -2.19. The van der Waals surface area contributed by atoms with Gasteiger partial charge in [-0.3, -0.25) is 4.79 Å². The van der Waals surface area contributed by atoms with E-state index in [2.05, 4.69) is 9.88 Å². The van der Waals surface area contributed by atoms with Gasteiger partial charge in [-0.15, -0.1) is 11.3 Å². The molecule has 8 heteroatoms. The molecule has 3 aromatic rings. The second kappa shape index (κ2) is 10.0. The highest BCUT2D eigenvalue weighted by molar-refractivity contribution is 7.13. The Balaban J connectivity index is 1.96. The number of nitrogens with one attached hydrogen (secondary N) is 1. The van der Waals surface area contributed by atoms with E-state index in [0.717, 1.165) is 27.7 Å². The summed E-state index contributed by atoms with van der Waals surface area (Å²) in [7, 11) is 3.27. The van der Waals surface area contributed by atoms with Crippen molar-refractivity contribution in [2.24, 2.45) is 0 Å². The van der Waals surface area contributed by atoms with Crippen LogP contribution in [0.3, 0.4) is 0 Å². The molecule has 29 heavy (non-hydrogen) atoms. The van der Waals surface area contributed by atoms with Crippen molar-refractivity contribution in [3.63, 3.8) is 0 Å². The van der Waals surface area contributed by atoms with Crippen LogP contribution in [0, 0.1) is 6.92 Å². The van der Waals surface area contributed by atoms with Gasteiger partial charge in [-0.05, 0) is 19.1 Å². The number of carbonyl (C=O) groups excluding carboxylic acids is 1. The summed E-state index contributed by atoms with van der Waals surface area (Å²) < 4.78 is 12.3. The fourth-order valence-electron chi connectivity index (χ4n) is 3.07. The molecule has 154 valence electrons. The lowest BCUT2D eigenvalue weighted by atomic mass is 10.2. The van der Waals surface area contributed by atoms with Gasteiger partial charge in [0.2, 0.25) is 0 Å². The number of rotatable bonds is 9. The molecule has 6 nitrogen and oxygen atoms in total. The van der Waals surface area contributed by atoms with Gasteiger partial charge >= 0.3 is 0 Å². The molecule has 1 N–H and O–H groups in total. The number of halogens is 1. The molecule has 0 aliphatic heterocycles. The van der Waals surface area contributed by atoms with Crippen molar-refractivity contribution in [3.05, 3.63) is 52.0 Å². The molecule has 0 aliphatic rings. The van der Waals surface area contributed by atoms with Gasteiger partial charge in [0.05, 0.1) is 35.2 Å². The Morgan fingerprint density at radius 3 is 2.72 bits per heavy atom. The van der Waals surface area contributed by atoms with E-state index < -0.39 is 0 Å². The number of thiazole rings is 1. The van der Waals surface area contributed by atoms with E-state index in [1.165, 1.54) is 11.3 Å². The number of hydrogen-bond acceptors (Lipinski definition) is 5. The number of benzene rings is 1. The van der Waals surface area contributed by atoms with E-state index >= 15 is 0 Å². The zero-order valence-electron chi connectivity index (χ0n) is 16.7. The van der Waals surface area contributed by atoms with Gasteiger partial charge in [-0.1, -0.05) is 29.8 Å². The minimum absolute atomic E-state index is 0.126. The van der Waals surface area contributed by atoms with Gasteiger partial charge < -0.3 is 19.4 Å². The summed E-state index contributed by atoms with van der Waals surface area (Å²) in [5.41, 5.74) is 4.08. The van der Waals surface area contributed by atoms with E-state index in [-0.39, 0.29) is 5.91 Å². The standard InChI is InChI=1S/C21H24ClN3O3S/c1-14-16(20(26)23-8-10-27-2)12-19(25(14)9-11-28-3)18-13-29-21(24-18)15-6-4-5-7-17(15)22/h4-7,12-13H,8-11H2,1-3H3,(H,23,26). The van der Waals surface area contributed by atoms with Crippen LogP contribution in [0.1, 0.15) is 16.1 Å². The molecule has 0 radical (unpaired) electrons. The lowest BCUT2D eigenvalue weighted by Crippen LogP contribution is -2.27. The summed E-state index contributed by atoms with van der Waals surface area (Å²) in [5.74, 6) is -0.126. The number of carbonyl (C=O) groups is 1. The molecule has 0 atom stereocenters. The SMILES string of the molecule is COCCNC(=O)c1cc(-c2csc(-c3ccccc3Cl)n2)n(CCOC)c1C. The Labute approximate surface area is 179 Å². The van der Waals surface area contributed by atoms with Crippen molar-refractivity contribution in [3.8, 4) is 22.0 Å². The fraction of sp³-hybridized carbons (Fsp3) is 0.333. The molecule has 0 fully saturated rings. The van der Waals surface area contributed by atoms with Crippen molar-refractivity contribution >= 4 is 28.8 Å². The molecule has 0 saturated heterocycles. The summed E-state index contributed by atoms with van der Waals surface area (Å²) in [5, 5.41) is 6.38. The van der Waals surface area contributed by atoms with Crippen LogP contribution in [0.2, 0.25) is 5.02 Å². The Morgan fingerprint density at radius 2 is 2.00 bits per heavy atom. The molecule has 0 aliphatic carbocycles. The zero-order valence-corrected chi connectivity index (χ0v) is 18.3. The predicted molar refractivity (Wildman–Crippen MR) is 117 cm³/mol. The van der Waals surface area contributed by atoms with Crippen molar-refractivity contribution in [1.82, 2.24) is 14.9 Å². The number of aromatic nitrogens is 2. The Bertz CT molecular complexity index is 983. The minimum Gasteiger partial charge on any atom is -0.383 e. The Kier molecular flexibility index (Phi) is 7.44.